The van der Waals surface area contributed by atoms with Crippen molar-refractivity contribution >= 4 is 5.78 Å². The zero-order valence-electron chi connectivity index (χ0n) is 10.9. The van der Waals surface area contributed by atoms with Gasteiger partial charge in [0.25, 0.3) is 0 Å². The van der Waals surface area contributed by atoms with Crippen LogP contribution >= 0.6 is 0 Å². The van der Waals surface area contributed by atoms with Gasteiger partial charge in [-0.05, 0) is 25.1 Å². The zero-order valence-corrected chi connectivity index (χ0v) is 10.9. The number of ketones is 1. The lowest BCUT2D eigenvalue weighted by Crippen LogP contribution is -2.36. The molecule has 3 nitrogen and oxygen atoms in total. The number of unbranched alkanes of at least 4 members (excludes halogenated alkanes) is 2. The van der Waals surface area contributed by atoms with Crippen molar-refractivity contribution in [2.24, 2.45) is 5.92 Å². The second-order valence-corrected chi connectivity index (χ2v) is 4.78. The standard InChI is InChI=1S/C15H21NO2/c1-2-3-6-9-16-10-12-11-18-14-8-5-4-7-13(14)15(12)17/h4-5,7-8,12,16H,2-3,6,9-11H2,1H3. The molecule has 1 heterocycles. The summed E-state index contributed by atoms with van der Waals surface area (Å²) in [6.45, 7) is 4.39. The molecule has 1 aliphatic rings. The first-order valence-corrected chi connectivity index (χ1v) is 6.79. The monoisotopic (exact) mass is 247 g/mol. The van der Waals surface area contributed by atoms with Crippen LogP contribution in [0.25, 0.3) is 0 Å². The number of rotatable bonds is 6. The van der Waals surface area contributed by atoms with E-state index in [1.807, 2.05) is 24.3 Å². The van der Waals surface area contributed by atoms with Crippen LogP contribution in [0.3, 0.4) is 0 Å². The molecular weight excluding hydrogens is 226 g/mol. The Hall–Kier alpha value is -1.35. The van der Waals surface area contributed by atoms with Gasteiger partial charge in [-0.25, -0.2) is 0 Å². The van der Waals surface area contributed by atoms with E-state index in [0.717, 1.165) is 24.4 Å². The first-order valence-electron chi connectivity index (χ1n) is 6.79. The van der Waals surface area contributed by atoms with Crippen LogP contribution in [-0.2, 0) is 0 Å². The van der Waals surface area contributed by atoms with E-state index in [1.165, 1.54) is 19.3 Å². The van der Waals surface area contributed by atoms with Crippen LogP contribution in [0.15, 0.2) is 24.3 Å². The number of fused-ring (bicyclic) bond motifs is 1. The second-order valence-electron chi connectivity index (χ2n) is 4.78. The van der Waals surface area contributed by atoms with Crippen LogP contribution in [0.1, 0.15) is 36.5 Å². The smallest absolute Gasteiger partial charge is 0.174 e. The normalized spacial score (nSPS) is 18.3. The predicted octanol–water partition coefficient (Wildman–Crippen LogP) is 2.66. The minimum Gasteiger partial charge on any atom is -0.492 e. The quantitative estimate of drug-likeness (QED) is 0.785. The van der Waals surface area contributed by atoms with Crippen molar-refractivity contribution in [3.8, 4) is 5.75 Å². The second kappa shape index (κ2) is 6.55. The van der Waals surface area contributed by atoms with Gasteiger partial charge >= 0.3 is 0 Å². The van der Waals surface area contributed by atoms with E-state index in [0.29, 0.717) is 6.61 Å². The Bertz CT molecular complexity index is 403. The fraction of sp³-hybridized carbons (Fsp3) is 0.533. The molecule has 1 aromatic carbocycles. The van der Waals surface area contributed by atoms with E-state index >= 15 is 0 Å². The summed E-state index contributed by atoms with van der Waals surface area (Å²) in [5.41, 5.74) is 0.726. The van der Waals surface area contributed by atoms with Gasteiger partial charge in [0, 0.05) is 6.54 Å². The number of para-hydroxylation sites is 1. The molecule has 2 rings (SSSR count). The number of carbonyl (C=O) groups excluding carboxylic acids is 1. The zero-order chi connectivity index (χ0) is 12.8. The maximum Gasteiger partial charge on any atom is 0.174 e. The Morgan fingerprint density at radius 3 is 3.00 bits per heavy atom. The van der Waals surface area contributed by atoms with Gasteiger partial charge in [0.2, 0.25) is 0 Å². The number of ether oxygens (including phenoxy) is 1. The van der Waals surface area contributed by atoms with Gasteiger partial charge < -0.3 is 10.1 Å². The number of carbonyl (C=O) groups is 1. The molecule has 0 saturated carbocycles. The van der Waals surface area contributed by atoms with Gasteiger partial charge in [0.15, 0.2) is 5.78 Å². The van der Waals surface area contributed by atoms with Crippen molar-refractivity contribution < 1.29 is 9.53 Å². The Morgan fingerprint density at radius 2 is 2.17 bits per heavy atom. The minimum absolute atomic E-state index is 0.0403. The summed E-state index contributed by atoms with van der Waals surface area (Å²) in [5, 5.41) is 3.35. The van der Waals surface area contributed by atoms with Crippen LogP contribution in [0.2, 0.25) is 0 Å². The highest BCUT2D eigenvalue weighted by molar-refractivity contribution is 6.01. The van der Waals surface area contributed by atoms with E-state index in [9.17, 15) is 4.79 Å². The number of hydrogen-bond donors (Lipinski definition) is 1. The largest absolute Gasteiger partial charge is 0.492 e. The maximum atomic E-state index is 12.2. The molecule has 0 fully saturated rings. The van der Waals surface area contributed by atoms with Crippen LogP contribution < -0.4 is 10.1 Å². The summed E-state index contributed by atoms with van der Waals surface area (Å²) in [4.78, 5) is 12.2. The third-order valence-electron chi connectivity index (χ3n) is 3.31. The van der Waals surface area contributed by atoms with Crippen LogP contribution in [-0.4, -0.2) is 25.5 Å². The first-order chi connectivity index (χ1) is 8.83. The highest BCUT2D eigenvalue weighted by atomic mass is 16.5. The molecule has 3 heteroatoms. The Morgan fingerprint density at radius 1 is 1.33 bits per heavy atom. The van der Waals surface area contributed by atoms with Crippen molar-refractivity contribution in [1.82, 2.24) is 5.32 Å². The van der Waals surface area contributed by atoms with Gasteiger partial charge in [0.05, 0.1) is 18.1 Å². The maximum absolute atomic E-state index is 12.2. The van der Waals surface area contributed by atoms with E-state index in [2.05, 4.69) is 12.2 Å². The third-order valence-corrected chi connectivity index (χ3v) is 3.31. The summed E-state index contributed by atoms with van der Waals surface area (Å²) < 4.78 is 5.62. The number of Topliss-reactive ketones (excluding diaryl/α,β-unsaturated/α-hetero) is 1. The average Bonchev–Trinajstić information content (AvgIpc) is 2.41. The van der Waals surface area contributed by atoms with E-state index in [4.69, 9.17) is 4.74 Å². The van der Waals surface area contributed by atoms with E-state index in [1.54, 1.807) is 0 Å². The molecule has 0 aromatic heterocycles. The van der Waals surface area contributed by atoms with Gasteiger partial charge in [-0.15, -0.1) is 0 Å². The summed E-state index contributed by atoms with van der Waals surface area (Å²) in [6, 6.07) is 7.49. The fourth-order valence-corrected chi connectivity index (χ4v) is 2.21. The molecule has 0 saturated heterocycles. The van der Waals surface area contributed by atoms with Crippen molar-refractivity contribution in [1.29, 1.82) is 0 Å². The fourth-order valence-electron chi connectivity index (χ4n) is 2.21. The molecule has 0 spiro atoms. The van der Waals surface area contributed by atoms with Crippen LogP contribution in [0.4, 0.5) is 0 Å². The lowest BCUT2D eigenvalue weighted by atomic mass is 9.95. The molecular formula is C15H21NO2. The molecule has 98 valence electrons. The Labute approximate surface area is 109 Å². The molecule has 1 aromatic rings. The summed E-state index contributed by atoms with van der Waals surface area (Å²) in [5.74, 6) is 0.895. The minimum atomic E-state index is -0.0403. The Kier molecular flexibility index (Phi) is 4.76. The highest BCUT2D eigenvalue weighted by Crippen LogP contribution is 2.26. The molecule has 1 unspecified atom stereocenters. The number of hydrogen-bond acceptors (Lipinski definition) is 3. The van der Waals surface area contributed by atoms with Crippen molar-refractivity contribution in [3.05, 3.63) is 29.8 Å². The van der Waals surface area contributed by atoms with Gasteiger partial charge in [0.1, 0.15) is 5.75 Å². The highest BCUT2D eigenvalue weighted by Gasteiger charge is 2.27. The molecule has 0 aliphatic carbocycles. The molecule has 1 N–H and O–H groups in total. The van der Waals surface area contributed by atoms with Crippen LogP contribution in [0, 0.1) is 5.92 Å². The van der Waals surface area contributed by atoms with E-state index < -0.39 is 0 Å². The summed E-state index contributed by atoms with van der Waals surface area (Å²) >= 11 is 0. The molecule has 0 amide bonds. The SMILES string of the molecule is CCCCCNCC1COc2ccccc2C1=O. The molecule has 18 heavy (non-hydrogen) atoms. The molecule has 1 aliphatic heterocycles. The van der Waals surface area contributed by atoms with Gasteiger partial charge in [-0.1, -0.05) is 31.9 Å². The summed E-state index contributed by atoms with van der Waals surface area (Å²) in [6.07, 6.45) is 3.64. The molecule has 0 bridgehead atoms. The van der Waals surface area contributed by atoms with Crippen molar-refractivity contribution in [2.45, 2.75) is 26.2 Å². The van der Waals surface area contributed by atoms with Gasteiger partial charge in [-0.2, -0.15) is 0 Å². The predicted molar refractivity (Wildman–Crippen MR) is 72.2 cm³/mol. The topological polar surface area (TPSA) is 38.3 Å². The lowest BCUT2D eigenvalue weighted by molar-refractivity contribution is 0.0830. The van der Waals surface area contributed by atoms with Crippen LogP contribution in [0.5, 0.6) is 5.75 Å². The lowest BCUT2D eigenvalue weighted by Gasteiger charge is -2.24. The first kappa shape index (κ1) is 13.1. The van der Waals surface area contributed by atoms with E-state index in [-0.39, 0.29) is 11.7 Å². The van der Waals surface area contributed by atoms with Crippen molar-refractivity contribution in [3.63, 3.8) is 0 Å². The van der Waals surface area contributed by atoms with Crippen molar-refractivity contribution in [2.75, 3.05) is 19.7 Å². The third kappa shape index (κ3) is 3.10. The number of nitrogens with one attached hydrogen (secondary N) is 1. The van der Waals surface area contributed by atoms with Gasteiger partial charge in [-0.3, -0.25) is 4.79 Å². The number of benzene rings is 1. The Balaban J connectivity index is 1.84. The molecule has 0 radical (unpaired) electrons. The average molecular weight is 247 g/mol. The summed E-state index contributed by atoms with van der Waals surface area (Å²) in [7, 11) is 0. The molecule has 1 atom stereocenters.